The molecule has 0 aliphatic rings. The molecule has 0 spiro atoms. The molecule has 1 rings (SSSR count). The van der Waals surface area contributed by atoms with E-state index in [2.05, 4.69) is 5.10 Å². The first-order chi connectivity index (χ1) is 6.07. The maximum atomic E-state index is 10.8. The maximum absolute atomic E-state index is 10.8. The minimum absolute atomic E-state index is 0.0930. The first kappa shape index (κ1) is 9.73. The number of carboxylic acids is 1. The molecule has 3 N–H and O–H groups in total. The SMILES string of the molecule is Cc1cnn(C)c1C(CN)C(=O)O. The molecule has 72 valence electrons. The van der Waals surface area contributed by atoms with Gasteiger partial charge < -0.3 is 10.8 Å². The van der Waals surface area contributed by atoms with E-state index in [0.29, 0.717) is 5.69 Å². The number of nitrogens with zero attached hydrogens (tertiary/aromatic N) is 2. The zero-order valence-corrected chi connectivity index (χ0v) is 7.69. The number of carbonyl (C=O) groups is 1. The van der Waals surface area contributed by atoms with Gasteiger partial charge in [-0.25, -0.2) is 0 Å². The topological polar surface area (TPSA) is 81.1 Å². The Labute approximate surface area is 76.2 Å². The van der Waals surface area contributed by atoms with E-state index in [0.717, 1.165) is 5.56 Å². The predicted molar refractivity (Wildman–Crippen MR) is 47.4 cm³/mol. The van der Waals surface area contributed by atoms with Gasteiger partial charge in [0.05, 0.1) is 11.9 Å². The number of aromatic nitrogens is 2. The largest absolute Gasteiger partial charge is 0.481 e. The average molecular weight is 183 g/mol. The second-order valence-electron chi connectivity index (χ2n) is 2.96. The van der Waals surface area contributed by atoms with Crippen LogP contribution in [-0.2, 0) is 11.8 Å². The Kier molecular flexibility index (Phi) is 2.67. The highest BCUT2D eigenvalue weighted by molar-refractivity contribution is 5.76. The molecule has 1 unspecified atom stereocenters. The van der Waals surface area contributed by atoms with Gasteiger partial charge >= 0.3 is 5.97 Å². The van der Waals surface area contributed by atoms with Crippen molar-refractivity contribution in [2.45, 2.75) is 12.8 Å². The summed E-state index contributed by atoms with van der Waals surface area (Å²) in [5.74, 6) is -1.57. The van der Waals surface area contributed by atoms with Crippen LogP contribution in [0, 0.1) is 6.92 Å². The van der Waals surface area contributed by atoms with Crippen molar-refractivity contribution in [1.29, 1.82) is 0 Å². The summed E-state index contributed by atoms with van der Waals surface area (Å²) in [6, 6.07) is 0. The van der Waals surface area contributed by atoms with Crippen molar-refractivity contribution in [3.63, 3.8) is 0 Å². The van der Waals surface area contributed by atoms with Crippen molar-refractivity contribution in [2.75, 3.05) is 6.54 Å². The van der Waals surface area contributed by atoms with Crippen LogP contribution in [-0.4, -0.2) is 27.4 Å². The van der Waals surface area contributed by atoms with Crippen LogP contribution in [0.15, 0.2) is 6.20 Å². The van der Waals surface area contributed by atoms with Crippen molar-refractivity contribution in [1.82, 2.24) is 9.78 Å². The Hall–Kier alpha value is -1.36. The van der Waals surface area contributed by atoms with E-state index in [-0.39, 0.29) is 6.54 Å². The summed E-state index contributed by atoms with van der Waals surface area (Å²) in [6.07, 6.45) is 1.64. The molecule has 1 aromatic rings. The lowest BCUT2D eigenvalue weighted by Gasteiger charge is -2.11. The van der Waals surface area contributed by atoms with E-state index in [1.165, 1.54) is 0 Å². The number of aryl methyl sites for hydroxylation is 2. The highest BCUT2D eigenvalue weighted by atomic mass is 16.4. The van der Waals surface area contributed by atoms with E-state index < -0.39 is 11.9 Å². The van der Waals surface area contributed by atoms with Gasteiger partial charge in [0.1, 0.15) is 5.92 Å². The number of aliphatic carboxylic acids is 1. The standard InChI is InChI=1S/C8H13N3O2/c1-5-4-10-11(2)7(5)6(3-9)8(12)13/h4,6H,3,9H2,1-2H3,(H,12,13). The molecular formula is C8H13N3O2. The number of hydrogen-bond donors (Lipinski definition) is 2. The van der Waals surface area contributed by atoms with Crippen molar-refractivity contribution in [3.8, 4) is 0 Å². The average Bonchev–Trinajstić information content (AvgIpc) is 2.36. The summed E-state index contributed by atoms with van der Waals surface area (Å²) in [5.41, 5.74) is 6.92. The van der Waals surface area contributed by atoms with Gasteiger partial charge in [-0.3, -0.25) is 9.48 Å². The van der Waals surface area contributed by atoms with Gasteiger partial charge in [0.2, 0.25) is 0 Å². The van der Waals surface area contributed by atoms with Crippen LogP contribution in [0.25, 0.3) is 0 Å². The summed E-state index contributed by atoms with van der Waals surface area (Å²) < 4.78 is 1.56. The second kappa shape index (κ2) is 3.57. The van der Waals surface area contributed by atoms with Crippen LogP contribution in [0.5, 0.6) is 0 Å². The number of rotatable bonds is 3. The van der Waals surface area contributed by atoms with Gasteiger partial charge in [-0.15, -0.1) is 0 Å². The molecule has 0 aromatic carbocycles. The molecule has 0 saturated carbocycles. The van der Waals surface area contributed by atoms with Gasteiger partial charge in [-0.05, 0) is 12.5 Å². The molecule has 0 amide bonds. The van der Waals surface area contributed by atoms with E-state index in [1.54, 1.807) is 17.9 Å². The van der Waals surface area contributed by atoms with Gasteiger partial charge in [-0.1, -0.05) is 0 Å². The molecule has 0 fully saturated rings. The Morgan fingerprint density at radius 1 is 1.85 bits per heavy atom. The molecular weight excluding hydrogens is 170 g/mol. The molecule has 1 aromatic heterocycles. The zero-order chi connectivity index (χ0) is 10.0. The Morgan fingerprint density at radius 3 is 2.77 bits per heavy atom. The Bertz CT molecular complexity index is 300. The van der Waals surface area contributed by atoms with Gasteiger partial charge in [-0.2, -0.15) is 5.10 Å². The van der Waals surface area contributed by atoms with Crippen molar-refractivity contribution >= 4 is 5.97 Å². The molecule has 5 nitrogen and oxygen atoms in total. The fourth-order valence-corrected chi connectivity index (χ4v) is 1.39. The molecule has 5 heteroatoms. The van der Waals surface area contributed by atoms with Crippen LogP contribution < -0.4 is 5.73 Å². The third kappa shape index (κ3) is 1.70. The van der Waals surface area contributed by atoms with E-state index in [1.807, 2.05) is 6.92 Å². The maximum Gasteiger partial charge on any atom is 0.313 e. The summed E-state index contributed by atoms with van der Waals surface area (Å²) in [5, 5.41) is 12.8. The lowest BCUT2D eigenvalue weighted by molar-refractivity contribution is -0.138. The fraction of sp³-hybridized carbons (Fsp3) is 0.500. The first-order valence-corrected chi connectivity index (χ1v) is 3.99. The van der Waals surface area contributed by atoms with Crippen LogP contribution in [0.1, 0.15) is 17.2 Å². The van der Waals surface area contributed by atoms with Gasteiger partial charge in [0.25, 0.3) is 0 Å². The van der Waals surface area contributed by atoms with E-state index in [9.17, 15) is 4.79 Å². The second-order valence-corrected chi connectivity index (χ2v) is 2.96. The molecule has 0 radical (unpaired) electrons. The number of nitrogens with two attached hydrogens (primary N) is 1. The quantitative estimate of drug-likeness (QED) is 0.683. The number of carboxylic acid groups (broad SMARTS) is 1. The van der Waals surface area contributed by atoms with Crippen molar-refractivity contribution < 1.29 is 9.90 Å². The summed E-state index contributed by atoms with van der Waals surface area (Å²) in [4.78, 5) is 10.8. The molecule has 0 saturated heterocycles. The highest BCUT2D eigenvalue weighted by Gasteiger charge is 2.23. The molecule has 0 aliphatic carbocycles. The van der Waals surface area contributed by atoms with Crippen LogP contribution in [0.3, 0.4) is 0 Å². The summed E-state index contributed by atoms with van der Waals surface area (Å²) in [6.45, 7) is 1.92. The third-order valence-corrected chi connectivity index (χ3v) is 2.04. The predicted octanol–water partition coefficient (Wildman–Crippen LogP) is -0.145. The molecule has 1 heterocycles. The summed E-state index contributed by atoms with van der Waals surface area (Å²) in [7, 11) is 1.72. The highest BCUT2D eigenvalue weighted by Crippen LogP contribution is 2.17. The summed E-state index contributed by atoms with van der Waals surface area (Å²) >= 11 is 0. The zero-order valence-electron chi connectivity index (χ0n) is 7.69. The minimum Gasteiger partial charge on any atom is -0.481 e. The van der Waals surface area contributed by atoms with Crippen molar-refractivity contribution in [2.24, 2.45) is 12.8 Å². The fourth-order valence-electron chi connectivity index (χ4n) is 1.39. The van der Waals surface area contributed by atoms with Crippen LogP contribution in [0.4, 0.5) is 0 Å². The minimum atomic E-state index is -0.908. The molecule has 1 atom stereocenters. The van der Waals surface area contributed by atoms with Gasteiger partial charge in [0.15, 0.2) is 0 Å². The molecule has 0 bridgehead atoms. The number of hydrogen-bond acceptors (Lipinski definition) is 3. The Balaban J connectivity index is 3.10. The smallest absolute Gasteiger partial charge is 0.313 e. The van der Waals surface area contributed by atoms with Crippen molar-refractivity contribution in [3.05, 3.63) is 17.5 Å². The molecule has 13 heavy (non-hydrogen) atoms. The van der Waals surface area contributed by atoms with Crippen LogP contribution >= 0.6 is 0 Å². The van der Waals surface area contributed by atoms with Gasteiger partial charge in [0, 0.05) is 13.6 Å². The van der Waals surface area contributed by atoms with Crippen LogP contribution in [0.2, 0.25) is 0 Å². The Morgan fingerprint density at radius 2 is 2.46 bits per heavy atom. The van der Waals surface area contributed by atoms with E-state index >= 15 is 0 Å². The monoisotopic (exact) mass is 183 g/mol. The normalized spacial score (nSPS) is 12.8. The lowest BCUT2D eigenvalue weighted by atomic mass is 10.0. The first-order valence-electron chi connectivity index (χ1n) is 3.99. The third-order valence-electron chi connectivity index (χ3n) is 2.04. The lowest BCUT2D eigenvalue weighted by Crippen LogP contribution is -2.24. The van der Waals surface area contributed by atoms with E-state index in [4.69, 9.17) is 10.8 Å². The molecule has 0 aliphatic heterocycles.